The zero-order valence-electron chi connectivity index (χ0n) is 14.1. The van der Waals surface area contributed by atoms with E-state index >= 15 is 0 Å². The van der Waals surface area contributed by atoms with E-state index in [1.54, 1.807) is 11.6 Å². The minimum Gasteiger partial charge on any atom is -0.496 e. The Labute approximate surface area is 152 Å². The van der Waals surface area contributed by atoms with Gasteiger partial charge in [-0.15, -0.1) is 10.2 Å². The topological polar surface area (TPSA) is 69.6 Å². The number of pyridine rings is 1. The number of para-hydroxylation sites is 1. The van der Waals surface area contributed by atoms with Gasteiger partial charge in [0.2, 0.25) is 10.8 Å². The Kier molecular flexibility index (Phi) is 3.26. The molecule has 0 aliphatic carbocycles. The Bertz CT molecular complexity index is 1250. The fraction of sp³-hybridized carbons (Fsp3) is 0.111. The molecule has 7 nitrogen and oxygen atoms in total. The van der Waals surface area contributed by atoms with Gasteiger partial charge >= 0.3 is 0 Å². The van der Waals surface area contributed by atoms with Gasteiger partial charge in [0, 0.05) is 6.20 Å². The molecule has 0 N–H and O–H groups in total. The maximum Gasteiger partial charge on any atom is 0.235 e. The minimum absolute atomic E-state index is 0.675. The first-order chi connectivity index (χ1) is 12.8. The van der Waals surface area contributed by atoms with Crippen LogP contribution in [0.25, 0.3) is 32.7 Å². The van der Waals surface area contributed by atoms with Crippen molar-refractivity contribution in [3.05, 3.63) is 54.4 Å². The summed E-state index contributed by atoms with van der Waals surface area (Å²) in [6.07, 6.45) is 1.97. The zero-order chi connectivity index (χ0) is 17.7. The van der Waals surface area contributed by atoms with Gasteiger partial charge in [0.05, 0.1) is 18.4 Å². The first kappa shape index (κ1) is 15.0. The predicted octanol–water partition coefficient (Wildman–Crippen LogP) is 3.48. The number of hydrogen-bond acceptors (Lipinski definition) is 6. The van der Waals surface area contributed by atoms with E-state index in [1.165, 1.54) is 11.3 Å². The number of hydrogen-bond donors (Lipinski definition) is 0. The van der Waals surface area contributed by atoms with Crippen LogP contribution in [0.3, 0.4) is 0 Å². The smallest absolute Gasteiger partial charge is 0.235 e. The van der Waals surface area contributed by atoms with Crippen LogP contribution in [-0.2, 0) is 0 Å². The molecule has 0 fully saturated rings. The van der Waals surface area contributed by atoms with Gasteiger partial charge in [0.25, 0.3) is 0 Å². The number of benzene rings is 1. The molecule has 4 heterocycles. The first-order valence-electron chi connectivity index (χ1n) is 8.06. The third-order valence-corrected chi connectivity index (χ3v) is 5.18. The Balaban J connectivity index is 1.73. The summed E-state index contributed by atoms with van der Waals surface area (Å²) in [6, 6.07) is 13.7. The third-order valence-electron chi connectivity index (χ3n) is 4.24. The monoisotopic (exact) mass is 362 g/mol. The quantitative estimate of drug-likeness (QED) is 0.491. The standard InChI is InChI=1S/C18H14N6OS/c1-11-15(23-10-6-5-9-14(23)19-11)16-20-21-18-24(16)22-17(26-18)12-7-3-4-8-13(12)25-2/h3-10H,1-2H3. The maximum atomic E-state index is 5.46. The van der Waals surface area contributed by atoms with Crippen molar-refractivity contribution in [1.82, 2.24) is 29.2 Å². The number of imidazole rings is 1. The molecule has 0 aliphatic heterocycles. The lowest BCUT2D eigenvalue weighted by atomic mass is 10.2. The van der Waals surface area contributed by atoms with E-state index in [2.05, 4.69) is 15.2 Å². The summed E-state index contributed by atoms with van der Waals surface area (Å²) in [6.45, 7) is 1.97. The fourth-order valence-corrected chi connectivity index (χ4v) is 3.95. The summed E-state index contributed by atoms with van der Waals surface area (Å²) in [7, 11) is 1.66. The molecule has 5 rings (SSSR count). The number of aryl methyl sites for hydroxylation is 1. The second-order valence-corrected chi connectivity index (χ2v) is 6.76. The van der Waals surface area contributed by atoms with Crippen LogP contribution in [0.15, 0.2) is 48.7 Å². The number of methoxy groups -OCH3 is 1. The number of nitrogens with zero attached hydrogens (tertiary/aromatic N) is 6. The summed E-state index contributed by atoms with van der Waals surface area (Å²) in [5.74, 6) is 1.46. The molecular formula is C18H14N6OS. The van der Waals surface area contributed by atoms with Crippen molar-refractivity contribution < 1.29 is 4.74 Å². The van der Waals surface area contributed by atoms with Gasteiger partial charge in [-0.2, -0.15) is 9.61 Å². The van der Waals surface area contributed by atoms with Gasteiger partial charge in [-0.05, 0) is 31.2 Å². The zero-order valence-corrected chi connectivity index (χ0v) is 14.9. The molecule has 0 saturated heterocycles. The first-order valence-corrected chi connectivity index (χ1v) is 8.87. The van der Waals surface area contributed by atoms with Crippen LogP contribution in [0.4, 0.5) is 0 Å². The number of ether oxygens (including phenoxy) is 1. The highest BCUT2D eigenvalue weighted by atomic mass is 32.1. The van der Waals surface area contributed by atoms with Crippen molar-refractivity contribution in [3.63, 3.8) is 0 Å². The molecule has 0 radical (unpaired) electrons. The molecule has 128 valence electrons. The highest BCUT2D eigenvalue weighted by molar-refractivity contribution is 7.19. The van der Waals surface area contributed by atoms with Crippen molar-refractivity contribution in [2.45, 2.75) is 6.92 Å². The molecule has 0 unspecified atom stereocenters. The second-order valence-electron chi connectivity index (χ2n) is 5.80. The van der Waals surface area contributed by atoms with Crippen LogP contribution in [0, 0.1) is 6.92 Å². The van der Waals surface area contributed by atoms with Gasteiger partial charge in [0.1, 0.15) is 17.1 Å². The van der Waals surface area contributed by atoms with E-state index in [0.717, 1.165) is 38.3 Å². The molecule has 4 aromatic heterocycles. The van der Waals surface area contributed by atoms with E-state index in [4.69, 9.17) is 9.84 Å². The summed E-state index contributed by atoms with van der Waals surface area (Å²) < 4.78 is 9.24. The van der Waals surface area contributed by atoms with Crippen LogP contribution >= 0.6 is 11.3 Å². The molecule has 0 spiro atoms. The average Bonchev–Trinajstić information content (AvgIpc) is 3.33. The van der Waals surface area contributed by atoms with Gasteiger partial charge < -0.3 is 4.74 Å². The average molecular weight is 362 g/mol. The van der Waals surface area contributed by atoms with Crippen molar-refractivity contribution in [3.8, 4) is 27.8 Å². The van der Waals surface area contributed by atoms with Crippen LogP contribution in [0.5, 0.6) is 5.75 Å². The molecule has 0 atom stereocenters. The van der Waals surface area contributed by atoms with Gasteiger partial charge in [-0.1, -0.05) is 29.5 Å². The molecule has 0 saturated carbocycles. The van der Waals surface area contributed by atoms with Gasteiger partial charge in [0.15, 0.2) is 5.01 Å². The van der Waals surface area contributed by atoms with Crippen LogP contribution in [0.2, 0.25) is 0 Å². The Morgan fingerprint density at radius 2 is 1.88 bits per heavy atom. The van der Waals surface area contributed by atoms with Crippen molar-refractivity contribution in [2.75, 3.05) is 7.11 Å². The molecule has 0 bridgehead atoms. The van der Waals surface area contributed by atoms with E-state index in [1.807, 2.05) is 60.0 Å². The van der Waals surface area contributed by atoms with E-state index in [9.17, 15) is 0 Å². The summed E-state index contributed by atoms with van der Waals surface area (Å²) in [5.41, 5.74) is 3.59. The predicted molar refractivity (Wildman–Crippen MR) is 99.6 cm³/mol. The third kappa shape index (κ3) is 2.12. The lowest BCUT2D eigenvalue weighted by molar-refractivity contribution is 0.416. The van der Waals surface area contributed by atoms with E-state index in [-0.39, 0.29) is 0 Å². The van der Waals surface area contributed by atoms with E-state index in [0.29, 0.717) is 5.82 Å². The molecule has 26 heavy (non-hydrogen) atoms. The molecule has 5 aromatic rings. The summed E-state index contributed by atoms with van der Waals surface area (Å²) in [5, 5.41) is 14.2. The number of aromatic nitrogens is 6. The summed E-state index contributed by atoms with van der Waals surface area (Å²) >= 11 is 1.48. The molecule has 8 heteroatoms. The maximum absolute atomic E-state index is 5.46. The SMILES string of the molecule is COc1ccccc1-c1nn2c(-c3c(C)nc4ccccn34)nnc2s1. The number of rotatable bonds is 3. The Morgan fingerprint density at radius 1 is 1.04 bits per heavy atom. The van der Waals surface area contributed by atoms with Crippen LogP contribution in [-0.4, -0.2) is 36.3 Å². The largest absolute Gasteiger partial charge is 0.496 e. The lowest BCUT2D eigenvalue weighted by Gasteiger charge is -2.04. The van der Waals surface area contributed by atoms with Crippen LogP contribution < -0.4 is 4.74 Å². The Morgan fingerprint density at radius 3 is 2.77 bits per heavy atom. The summed E-state index contributed by atoms with van der Waals surface area (Å²) in [4.78, 5) is 5.33. The van der Waals surface area contributed by atoms with Crippen LogP contribution in [0.1, 0.15) is 5.69 Å². The lowest BCUT2D eigenvalue weighted by Crippen LogP contribution is -1.96. The van der Waals surface area contributed by atoms with Crippen molar-refractivity contribution in [1.29, 1.82) is 0 Å². The highest BCUT2D eigenvalue weighted by Gasteiger charge is 2.20. The second kappa shape index (κ2) is 5.63. The highest BCUT2D eigenvalue weighted by Crippen LogP contribution is 2.34. The molecular weight excluding hydrogens is 348 g/mol. The van der Waals surface area contributed by atoms with Gasteiger partial charge in [-0.25, -0.2) is 4.98 Å². The van der Waals surface area contributed by atoms with Crippen molar-refractivity contribution in [2.24, 2.45) is 0 Å². The normalized spacial score (nSPS) is 11.5. The van der Waals surface area contributed by atoms with Gasteiger partial charge in [-0.3, -0.25) is 4.40 Å². The van der Waals surface area contributed by atoms with E-state index < -0.39 is 0 Å². The minimum atomic E-state index is 0.675. The molecule has 0 amide bonds. The van der Waals surface area contributed by atoms with Crippen molar-refractivity contribution >= 4 is 21.9 Å². The molecule has 0 aliphatic rings. The number of fused-ring (bicyclic) bond motifs is 2. The fourth-order valence-electron chi connectivity index (χ4n) is 3.08. The molecule has 1 aromatic carbocycles. The Hall–Kier alpha value is -3.26.